The lowest BCUT2D eigenvalue weighted by Crippen LogP contribution is -2.55. The number of rotatable bonds is 2. The Hall–Kier alpha value is -1.72. The monoisotopic (exact) mass is 285 g/mol. The number of aryl methyl sites for hydroxylation is 1. The second kappa shape index (κ2) is 4.93. The molecule has 2 bridgehead atoms. The summed E-state index contributed by atoms with van der Waals surface area (Å²) in [5.74, 6) is 0.354. The molecular formula is C16H19N3O2. The smallest absolute Gasteiger partial charge is 0.166 e. The van der Waals surface area contributed by atoms with Gasteiger partial charge in [-0.15, -0.1) is 0 Å². The lowest BCUT2D eigenvalue weighted by atomic mass is 9.82. The lowest BCUT2D eigenvalue weighted by Gasteiger charge is -2.39. The molecule has 2 aliphatic rings. The molecule has 4 rings (SSSR count). The average molecular weight is 285 g/mol. The zero-order valence-corrected chi connectivity index (χ0v) is 12.1. The molecule has 2 saturated heterocycles. The van der Waals surface area contributed by atoms with E-state index < -0.39 is 0 Å². The topological polar surface area (TPSA) is 56.1 Å². The molecule has 5 nitrogen and oxygen atoms in total. The Bertz CT molecular complexity index is 682. The van der Waals surface area contributed by atoms with Crippen molar-refractivity contribution in [3.05, 3.63) is 30.0 Å². The van der Waals surface area contributed by atoms with Crippen molar-refractivity contribution in [2.24, 2.45) is 13.0 Å². The Morgan fingerprint density at radius 2 is 2.10 bits per heavy atom. The van der Waals surface area contributed by atoms with Crippen LogP contribution in [0.2, 0.25) is 0 Å². The summed E-state index contributed by atoms with van der Waals surface area (Å²) in [6.07, 6.45) is 3.71. The Morgan fingerprint density at radius 3 is 2.86 bits per heavy atom. The molecule has 5 heteroatoms. The maximum absolute atomic E-state index is 12.8. The van der Waals surface area contributed by atoms with Crippen molar-refractivity contribution in [3.63, 3.8) is 0 Å². The number of ether oxygens (including phenoxy) is 1. The molecule has 3 heterocycles. The maximum Gasteiger partial charge on any atom is 0.166 e. The fourth-order valence-electron chi connectivity index (χ4n) is 3.58. The maximum atomic E-state index is 12.8. The summed E-state index contributed by atoms with van der Waals surface area (Å²) < 4.78 is 7.33. The van der Waals surface area contributed by atoms with E-state index in [1.807, 2.05) is 31.4 Å². The van der Waals surface area contributed by atoms with Gasteiger partial charge in [0.15, 0.2) is 5.78 Å². The molecule has 0 spiro atoms. The molecule has 0 saturated carbocycles. The number of ketones is 1. The van der Waals surface area contributed by atoms with E-state index in [4.69, 9.17) is 4.74 Å². The van der Waals surface area contributed by atoms with Gasteiger partial charge in [-0.05, 0) is 18.9 Å². The molecule has 1 N–H and O–H groups in total. The number of Topliss-reactive ketones (excluding diaryl/α,β-unsaturated/α-hetero) is 1. The van der Waals surface area contributed by atoms with Gasteiger partial charge < -0.3 is 10.1 Å². The van der Waals surface area contributed by atoms with E-state index in [0.717, 1.165) is 42.5 Å². The molecule has 1 aromatic carbocycles. The van der Waals surface area contributed by atoms with Crippen molar-refractivity contribution in [3.8, 4) is 0 Å². The van der Waals surface area contributed by atoms with Gasteiger partial charge in [0.2, 0.25) is 0 Å². The second-order valence-corrected chi connectivity index (χ2v) is 6.21. The van der Waals surface area contributed by atoms with Crippen LogP contribution in [0.5, 0.6) is 0 Å². The van der Waals surface area contributed by atoms with Crippen molar-refractivity contribution < 1.29 is 9.53 Å². The van der Waals surface area contributed by atoms with E-state index in [1.165, 1.54) is 0 Å². The van der Waals surface area contributed by atoms with Crippen LogP contribution in [-0.2, 0) is 11.8 Å². The summed E-state index contributed by atoms with van der Waals surface area (Å²) in [4.78, 5) is 12.8. The van der Waals surface area contributed by atoms with Crippen LogP contribution in [0.4, 0.5) is 0 Å². The number of aromatic nitrogens is 2. The van der Waals surface area contributed by atoms with Crippen LogP contribution in [0.15, 0.2) is 24.4 Å². The normalized spacial score (nSPS) is 28.7. The highest BCUT2D eigenvalue weighted by molar-refractivity contribution is 6.00. The summed E-state index contributed by atoms with van der Waals surface area (Å²) >= 11 is 0. The molecule has 2 unspecified atom stereocenters. The van der Waals surface area contributed by atoms with Crippen LogP contribution in [0.3, 0.4) is 0 Å². The number of hydrogen-bond acceptors (Lipinski definition) is 4. The highest BCUT2D eigenvalue weighted by atomic mass is 16.5. The first-order valence-electron chi connectivity index (χ1n) is 7.50. The van der Waals surface area contributed by atoms with Gasteiger partial charge in [-0.25, -0.2) is 0 Å². The Balaban J connectivity index is 1.60. The van der Waals surface area contributed by atoms with Gasteiger partial charge in [0, 0.05) is 42.2 Å². The Kier molecular flexibility index (Phi) is 3.05. The Morgan fingerprint density at radius 1 is 1.33 bits per heavy atom. The average Bonchev–Trinajstić information content (AvgIpc) is 2.85. The molecule has 0 radical (unpaired) electrons. The minimum atomic E-state index is 0.103. The standard InChI is InChI=1S/C16H19N3O2/c1-19-7-11-3-2-10(6-15(11)18-19)16(20)12-4-13-8-21-9-14(5-12)17-13/h2-3,6-7,12-14,17H,4-5,8-9H2,1H3. The summed E-state index contributed by atoms with van der Waals surface area (Å²) in [5, 5.41) is 8.99. The molecule has 1 aromatic heterocycles. The molecule has 2 fully saturated rings. The molecule has 2 aliphatic heterocycles. The third kappa shape index (κ3) is 2.36. The Labute approximate surface area is 123 Å². The molecule has 0 aliphatic carbocycles. The van der Waals surface area contributed by atoms with E-state index in [9.17, 15) is 4.79 Å². The van der Waals surface area contributed by atoms with Crippen molar-refractivity contribution in [1.29, 1.82) is 0 Å². The van der Waals surface area contributed by atoms with Crippen LogP contribution in [0, 0.1) is 5.92 Å². The zero-order valence-electron chi connectivity index (χ0n) is 12.1. The third-order valence-electron chi connectivity index (χ3n) is 4.52. The zero-order chi connectivity index (χ0) is 14.4. The van der Waals surface area contributed by atoms with Crippen molar-refractivity contribution in [2.75, 3.05) is 13.2 Å². The van der Waals surface area contributed by atoms with E-state index in [2.05, 4.69) is 10.4 Å². The van der Waals surface area contributed by atoms with Crippen LogP contribution in [0.25, 0.3) is 10.9 Å². The van der Waals surface area contributed by atoms with Crippen LogP contribution < -0.4 is 5.32 Å². The molecule has 110 valence electrons. The molecule has 2 aromatic rings. The summed E-state index contributed by atoms with van der Waals surface area (Å²) in [7, 11) is 1.90. The van der Waals surface area contributed by atoms with E-state index in [1.54, 1.807) is 4.68 Å². The minimum absolute atomic E-state index is 0.103. The lowest BCUT2D eigenvalue weighted by molar-refractivity contribution is 0.00953. The van der Waals surface area contributed by atoms with E-state index >= 15 is 0 Å². The van der Waals surface area contributed by atoms with Crippen LogP contribution in [-0.4, -0.2) is 40.9 Å². The molecule has 21 heavy (non-hydrogen) atoms. The van der Waals surface area contributed by atoms with Gasteiger partial charge >= 0.3 is 0 Å². The number of carbonyl (C=O) groups excluding carboxylic acids is 1. The summed E-state index contributed by atoms with van der Waals surface area (Å²) in [6, 6.07) is 6.49. The quantitative estimate of drug-likeness (QED) is 0.850. The second-order valence-electron chi connectivity index (χ2n) is 6.21. The van der Waals surface area contributed by atoms with E-state index in [-0.39, 0.29) is 11.7 Å². The fraction of sp³-hybridized carbons (Fsp3) is 0.500. The predicted molar refractivity (Wildman–Crippen MR) is 79.3 cm³/mol. The van der Waals surface area contributed by atoms with Gasteiger partial charge in [0.05, 0.1) is 18.7 Å². The number of piperidine rings is 1. The first kappa shape index (κ1) is 13.0. The van der Waals surface area contributed by atoms with Gasteiger partial charge in [-0.3, -0.25) is 9.48 Å². The first-order valence-corrected chi connectivity index (χ1v) is 7.50. The van der Waals surface area contributed by atoms with Crippen LogP contribution >= 0.6 is 0 Å². The number of morpholine rings is 1. The van der Waals surface area contributed by atoms with Gasteiger partial charge in [0.25, 0.3) is 0 Å². The molecule has 2 atom stereocenters. The van der Waals surface area contributed by atoms with Crippen molar-refractivity contribution in [2.45, 2.75) is 24.9 Å². The third-order valence-corrected chi connectivity index (χ3v) is 4.52. The van der Waals surface area contributed by atoms with Gasteiger partial charge in [-0.1, -0.05) is 12.1 Å². The number of nitrogens with one attached hydrogen (secondary N) is 1. The largest absolute Gasteiger partial charge is 0.378 e. The highest BCUT2D eigenvalue weighted by Gasteiger charge is 2.35. The predicted octanol–water partition coefficient (Wildman–Crippen LogP) is 1.52. The molecular weight excluding hydrogens is 266 g/mol. The number of fused-ring (bicyclic) bond motifs is 3. The minimum Gasteiger partial charge on any atom is -0.378 e. The summed E-state index contributed by atoms with van der Waals surface area (Å²) in [6.45, 7) is 1.44. The van der Waals surface area contributed by atoms with Gasteiger partial charge in [0.1, 0.15) is 0 Å². The number of nitrogens with zero attached hydrogens (tertiary/aromatic N) is 2. The van der Waals surface area contributed by atoms with Crippen molar-refractivity contribution >= 4 is 16.7 Å². The highest BCUT2D eigenvalue weighted by Crippen LogP contribution is 2.28. The SMILES string of the molecule is Cn1cc2ccc(C(=O)C3CC4COCC(C3)N4)cc2n1. The fourth-order valence-corrected chi connectivity index (χ4v) is 3.58. The van der Waals surface area contributed by atoms with E-state index in [0.29, 0.717) is 12.1 Å². The first-order chi connectivity index (χ1) is 10.2. The summed E-state index contributed by atoms with van der Waals surface area (Å²) in [5.41, 5.74) is 1.67. The number of benzene rings is 1. The number of carbonyl (C=O) groups is 1. The van der Waals surface area contributed by atoms with Crippen molar-refractivity contribution in [1.82, 2.24) is 15.1 Å². The van der Waals surface area contributed by atoms with Crippen LogP contribution in [0.1, 0.15) is 23.2 Å². The molecule has 0 amide bonds. The number of hydrogen-bond donors (Lipinski definition) is 1. The van der Waals surface area contributed by atoms with Gasteiger partial charge in [-0.2, -0.15) is 5.10 Å².